The van der Waals surface area contributed by atoms with Crippen molar-refractivity contribution in [2.75, 3.05) is 33.7 Å². The van der Waals surface area contributed by atoms with Crippen molar-refractivity contribution in [3.8, 4) is 0 Å². The molecule has 0 saturated carbocycles. The lowest BCUT2D eigenvalue weighted by Crippen LogP contribution is -2.26. The molecule has 0 fully saturated rings. The number of hydrogen-bond acceptors (Lipinski definition) is 2. The molecule has 9 heavy (non-hydrogen) atoms. The Kier molecular flexibility index (Phi) is 4.72. The van der Waals surface area contributed by atoms with E-state index in [9.17, 15) is 0 Å². The van der Waals surface area contributed by atoms with Gasteiger partial charge in [-0.1, -0.05) is 6.92 Å². The van der Waals surface area contributed by atoms with E-state index in [0.29, 0.717) is 0 Å². The van der Waals surface area contributed by atoms with Gasteiger partial charge in [-0.2, -0.15) is 0 Å². The van der Waals surface area contributed by atoms with Gasteiger partial charge < -0.3 is 9.80 Å². The van der Waals surface area contributed by atoms with E-state index < -0.39 is 0 Å². The Morgan fingerprint density at radius 2 is 1.78 bits per heavy atom. The second kappa shape index (κ2) is 4.77. The van der Waals surface area contributed by atoms with E-state index in [1.54, 1.807) is 0 Å². The highest BCUT2D eigenvalue weighted by atomic mass is 15.1. The molecule has 0 aliphatic carbocycles. The van der Waals surface area contributed by atoms with Gasteiger partial charge >= 0.3 is 0 Å². The lowest BCUT2D eigenvalue weighted by Gasteiger charge is -2.24. The Hall–Kier alpha value is -0.0800. The first-order valence-corrected chi connectivity index (χ1v) is 3.37. The summed E-state index contributed by atoms with van der Waals surface area (Å²) in [4.78, 5) is 4.22. The molecule has 0 aliphatic heterocycles. The Balaban J connectivity index is 3.06. The maximum Gasteiger partial charge on any atom is 0.00791 e. The summed E-state index contributed by atoms with van der Waals surface area (Å²) in [6.45, 7) is 5.30. The van der Waals surface area contributed by atoms with E-state index in [2.05, 4.69) is 37.9 Å². The second-order valence-corrected chi connectivity index (χ2v) is 2.51. The van der Waals surface area contributed by atoms with Crippen LogP contribution in [0.3, 0.4) is 0 Å². The zero-order valence-corrected chi connectivity index (χ0v) is 6.72. The summed E-state index contributed by atoms with van der Waals surface area (Å²) in [6, 6.07) is 0. The summed E-state index contributed by atoms with van der Waals surface area (Å²) in [5.41, 5.74) is 0. The molecule has 0 saturated heterocycles. The van der Waals surface area contributed by atoms with Crippen LogP contribution in [0.2, 0.25) is 0 Å². The highest BCUT2D eigenvalue weighted by Crippen LogP contribution is 1.83. The molecule has 0 aromatic carbocycles. The Morgan fingerprint density at radius 3 is 2.11 bits per heavy atom. The van der Waals surface area contributed by atoms with Gasteiger partial charge in [0.1, 0.15) is 0 Å². The Bertz CT molecular complexity index is 61.9. The van der Waals surface area contributed by atoms with Crippen LogP contribution in [0.15, 0.2) is 0 Å². The summed E-state index contributed by atoms with van der Waals surface area (Å²) in [6.07, 6.45) is 0. The van der Waals surface area contributed by atoms with Crippen molar-refractivity contribution in [1.29, 1.82) is 0 Å². The monoisotopic (exact) mass is 129 g/mol. The molecule has 0 N–H and O–H groups in total. The van der Waals surface area contributed by atoms with Crippen molar-refractivity contribution in [1.82, 2.24) is 9.80 Å². The first kappa shape index (κ1) is 8.92. The van der Waals surface area contributed by atoms with Gasteiger partial charge in [0, 0.05) is 6.54 Å². The predicted molar refractivity (Wildman–Crippen MR) is 41.2 cm³/mol. The summed E-state index contributed by atoms with van der Waals surface area (Å²) in [5, 5.41) is 0. The van der Waals surface area contributed by atoms with Gasteiger partial charge in [-0.3, -0.25) is 7.05 Å². The van der Waals surface area contributed by atoms with Crippen LogP contribution in [-0.4, -0.2) is 43.5 Å². The molecule has 56 valence electrons. The number of likely N-dealkylation sites (N-methyl/N-ethyl adjacent to an activating group) is 2. The number of rotatable bonds is 4. The zero-order chi connectivity index (χ0) is 7.28. The fourth-order valence-electron chi connectivity index (χ4n) is 0.500. The molecule has 0 amide bonds. The molecule has 0 aromatic rings. The minimum Gasteiger partial charge on any atom is -0.458 e. The fraction of sp³-hybridized carbons (Fsp3) is 0.857. The fourth-order valence-corrected chi connectivity index (χ4v) is 0.500. The van der Waals surface area contributed by atoms with Crippen LogP contribution >= 0.6 is 0 Å². The van der Waals surface area contributed by atoms with E-state index in [1.165, 1.54) is 0 Å². The molecule has 0 heterocycles. The summed E-state index contributed by atoms with van der Waals surface area (Å²) < 4.78 is 0. The average molecular weight is 129 g/mol. The first-order valence-electron chi connectivity index (χ1n) is 3.37. The largest absolute Gasteiger partial charge is 0.458 e. The smallest absolute Gasteiger partial charge is 0.00791 e. The molecule has 2 heteroatoms. The zero-order valence-electron chi connectivity index (χ0n) is 6.72. The lowest BCUT2D eigenvalue weighted by atomic mass is 10.5. The normalized spacial score (nSPS) is 11.3. The topological polar surface area (TPSA) is 6.48 Å². The minimum absolute atomic E-state index is 1.04. The van der Waals surface area contributed by atoms with Crippen LogP contribution in [0.5, 0.6) is 0 Å². The second-order valence-electron chi connectivity index (χ2n) is 2.51. The third-order valence-corrected chi connectivity index (χ3v) is 1.31. The van der Waals surface area contributed by atoms with Crippen LogP contribution in [0.25, 0.3) is 0 Å². The molecule has 0 aliphatic rings. The molecule has 0 bridgehead atoms. The first-order chi connectivity index (χ1) is 4.16. The molecule has 0 spiro atoms. The van der Waals surface area contributed by atoms with E-state index in [4.69, 9.17) is 0 Å². The van der Waals surface area contributed by atoms with E-state index in [0.717, 1.165) is 19.6 Å². The SMILES string of the molecule is [CH2-]N(CC)CCN(C)C. The van der Waals surface area contributed by atoms with Gasteiger partial charge in [0.2, 0.25) is 0 Å². The van der Waals surface area contributed by atoms with Gasteiger partial charge in [0.05, 0.1) is 0 Å². The van der Waals surface area contributed by atoms with Crippen LogP contribution in [0.4, 0.5) is 0 Å². The molecule has 0 rings (SSSR count). The van der Waals surface area contributed by atoms with Crippen molar-refractivity contribution >= 4 is 0 Å². The third kappa shape index (κ3) is 5.80. The van der Waals surface area contributed by atoms with Gasteiger partial charge in [-0.15, -0.1) is 0 Å². The van der Waals surface area contributed by atoms with Crippen LogP contribution in [0, 0.1) is 7.05 Å². The maximum absolute atomic E-state index is 3.84. The summed E-state index contributed by atoms with van der Waals surface area (Å²) in [5.74, 6) is 0. The minimum atomic E-state index is 1.04. The number of nitrogens with zero attached hydrogens (tertiary/aromatic N) is 2. The molecule has 2 nitrogen and oxygen atoms in total. The Morgan fingerprint density at radius 1 is 1.22 bits per heavy atom. The molecular weight excluding hydrogens is 112 g/mol. The highest BCUT2D eigenvalue weighted by Gasteiger charge is 1.88. The third-order valence-electron chi connectivity index (χ3n) is 1.31. The van der Waals surface area contributed by atoms with Crippen molar-refractivity contribution in [3.05, 3.63) is 7.05 Å². The maximum atomic E-state index is 3.84. The Labute approximate surface area is 58.4 Å². The molecule has 0 radical (unpaired) electrons. The van der Waals surface area contributed by atoms with Crippen molar-refractivity contribution in [2.24, 2.45) is 0 Å². The summed E-state index contributed by atoms with van der Waals surface area (Å²) >= 11 is 0. The van der Waals surface area contributed by atoms with Crippen LogP contribution < -0.4 is 0 Å². The molecular formula is C7H17N2-. The lowest BCUT2D eigenvalue weighted by molar-refractivity contribution is 0.313. The highest BCUT2D eigenvalue weighted by molar-refractivity contribution is 4.53. The summed E-state index contributed by atoms with van der Waals surface area (Å²) in [7, 11) is 7.98. The van der Waals surface area contributed by atoms with Gasteiger partial charge in [-0.05, 0) is 27.2 Å². The van der Waals surface area contributed by atoms with Crippen LogP contribution in [-0.2, 0) is 0 Å². The molecule has 0 atom stereocenters. The molecule has 0 unspecified atom stereocenters. The van der Waals surface area contributed by atoms with Crippen molar-refractivity contribution in [3.63, 3.8) is 0 Å². The van der Waals surface area contributed by atoms with Gasteiger partial charge in [0.15, 0.2) is 0 Å². The number of hydrogen-bond donors (Lipinski definition) is 0. The van der Waals surface area contributed by atoms with Crippen LogP contribution in [0.1, 0.15) is 6.92 Å². The van der Waals surface area contributed by atoms with E-state index in [-0.39, 0.29) is 0 Å². The van der Waals surface area contributed by atoms with Crippen molar-refractivity contribution < 1.29 is 0 Å². The van der Waals surface area contributed by atoms with E-state index in [1.807, 2.05) is 0 Å². The quantitative estimate of drug-likeness (QED) is 0.514. The van der Waals surface area contributed by atoms with E-state index >= 15 is 0 Å². The standard InChI is InChI=1S/C7H17N2/c1-5-9(4)7-6-8(2)3/h4-7H2,1-3H3/q-1. The average Bonchev–Trinajstić information content (AvgIpc) is 1.83. The predicted octanol–water partition coefficient (Wildman–Crippen LogP) is 0.661. The van der Waals surface area contributed by atoms with Gasteiger partial charge in [-0.25, -0.2) is 0 Å². The molecule has 0 aromatic heterocycles. The van der Waals surface area contributed by atoms with Gasteiger partial charge in [0.25, 0.3) is 0 Å². The van der Waals surface area contributed by atoms with Crippen molar-refractivity contribution in [2.45, 2.75) is 6.92 Å².